The second kappa shape index (κ2) is 15.4. The molecule has 234 valence electrons. The molecule has 0 radical (unpaired) electrons. The largest absolute Gasteiger partial charge is 0.394 e. The van der Waals surface area contributed by atoms with Gasteiger partial charge in [0.1, 0.15) is 30.5 Å². The molecule has 2 heterocycles. The van der Waals surface area contributed by atoms with Gasteiger partial charge in [0.05, 0.1) is 37.0 Å². The van der Waals surface area contributed by atoms with Crippen molar-refractivity contribution in [2.45, 2.75) is 105 Å². The van der Waals surface area contributed by atoms with Crippen LogP contribution in [0, 0.1) is 5.92 Å². The monoisotopic (exact) mass is 579 g/mol. The van der Waals surface area contributed by atoms with Crippen molar-refractivity contribution in [1.29, 1.82) is 0 Å². The molecule has 1 amide bonds. The molecule has 0 aromatic rings. The van der Waals surface area contributed by atoms with Gasteiger partial charge in [-0.15, -0.1) is 0 Å². The minimum Gasteiger partial charge on any atom is -0.394 e. The zero-order valence-electron chi connectivity index (χ0n) is 22.7. The van der Waals surface area contributed by atoms with Gasteiger partial charge >= 0.3 is 0 Å². The van der Waals surface area contributed by atoms with Crippen LogP contribution in [0.4, 0.5) is 0 Å². The smallest absolute Gasteiger partial charge is 0.250 e. The van der Waals surface area contributed by atoms with Crippen molar-refractivity contribution in [3.05, 3.63) is 0 Å². The van der Waals surface area contributed by atoms with Crippen LogP contribution in [-0.2, 0) is 19.0 Å². The molecule has 17 N–H and O–H groups in total. The maximum absolute atomic E-state index is 12.5. The lowest BCUT2D eigenvalue weighted by Gasteiger charge is -2.51. The summed E-state index contributed by atoms with van der Waals surface area (Å²) in [6.45, 7) is 0.944. The summed E-state index contributed by atoms with van der Waals surface area (Å²) >= 11 is 0. The van der Waals surface area contributed by atoms with Gasteiger partial charge in [0, 0.05) is 31.1 Å². The molecule has 0 spiro atoms. The van der Waals surface area contributed by atoms with Gasteiger partial charge in [-0.2, -0.15) is 0 Å². The van der Waals surface area contributed by atoms with E-state index in [4.69, 9.17) is 42.9 Å². The molecule has 14 atom stereocenters. The first-order valence-corrected chi connectivity index (χ1v) is 14.0. The van der Waals surface area contributed by atoms with Crippen molar-refractivity contribution in [2.24, 2.45) is 34.6 Å². The van der Waals surface area contributed by atoms with Gasteiger partial charge in [-0.1, -0.05) is 0 Å². The summed E-state index contributed by atoms with van der Waals surface area (Å²) in [5.74, 6) is -1.52. The van der Waals surface area contributed by atoms with Crippen molar-refractivity contribution in [3.63, 3.8) is 0 Å². The summed E-state index contributed by atoms with van der Waals surface area (Å²) in [7, 11) is 0. The number of nitrogens with two attached hydrogens (primary N) is 5. The molecule has 0 aromatic carbocycles. The molecule has 2 saturated heterocycles. The number of aliphatic hydroxyl groups is 5. The molecule has 2 aliphatic heterocycles. The molecule has 1 saturated carbocycles. The van der Waals surface area contributed by atoms with E-state index in [0.717, 1.165) is 13.0 Å². The van der Waals surface area contributed by atoms with Crippen LogP contribution in [0.25, 0.3) is 0 Å². The Kier molecular flexibility index (Phi) is 12.9. The van der Waals surface area contributed by atoms with Gasteiger partial charge in [0.15, 0.2) is 6.29 Å². The fraction of sp³-hybridized carbons (Fsp3) is 0.958. The van der Waals surface area contributed by atoms with Crippen LogP contribution in [0.1, 0.15) is 25.7 Å². The van der Waals surface area contributed by atoms with Crippen LogP contribution in [-0.4, -0.2) is 144 Å². The third-order valence-electron chi connectivity index (χ3n) is 8.13. The summed E-state index contributed by atoms with van der Waals surface area (Å²) in [4.78, 5) is 12.5. The van der Waals surface area contributed by atoms with Crippen LogP contribution in [0.3, 0.4) is 0 Å². The number of nitrogens with one attached hydrogen (secondary N) is 2. The highest BCUT2D eigenvalue weighted by atomic mass is 16.7. The molecule has 3 fully saturated rings. The predicted octanol–water partition coefficient (Wildman–Crippen LogP) is -6.54. The van der Waals surface area contributed by atoms with E-state index >= 15 is 0 Å². The molecule has 1 unspecified atom stereocenters. The normalized spacial score (nSPS) is 43.3. The highest BCUT2D eigenvalue weighted by Gasteiger charge is 2.53. The number of carbonyl (C=O) groups is 1. The van der Waals surface area contributed by atoms with Gasteiger partial charge < -0.3 is 79.0 Å². The minimum absolute atomic E-state index is 0.0995. The fourth-order valence-corrected chi connectivity index (χ4v) is 5.77. The summed E-state index contributed by atoms with van der Waals surface area (Å²) in [6, 6.07) is -3.28. The molecule has 0 bridgehead atoms. The third kappa shape index (κ3) is 7.84. The molecular formula is C24H49N7O9. The van der Waals surface area contributed by atoms with Gasteiger partial charge in [0.2, 0.25) is 5.91 Å². The minimum atomic E-state index is -1.53. The lowest BCUT2D eigenvalue weighted by molar-refractivity contribution is -0.306. The van der Waals surface area contributed by atoms with Gasteiger partial charge in [-0.25, -0.2) is 0 Å². The van der Waals surface area contributed by atoms with Crippen molar-refractivity contribution < 1.29 is 44.5 Å². The molecule has 3 rings (SSSR count). The number of rotatable bonds is 12. The first-order chi connectivity index (χ1) is 19.0. The van der Waals surface area contributed by atoms with Gasteiger partial charge in [-0.3, -0.25) is 4.79 Å². The zero-order chi connectivity index (χ0) is 29.6. The number of aliphatic hydroxyl groups excluding tert-OH is 5. The number of carbonyl (C=O) groups excluding carboxylic acids is 1. The predicted molar refractivity (Wildman–Crippen MR) is 142 cm³/mol. The second-order valence-electron chi connectivity index (χ2n) is 11.0. The molecule has 0 aromatic heterocycles. The third-order valence-corrected chi connectivity index (χ3v) is 8.13. The Hall–Kier alpha value is -1.09. The van der Waals surface area contributed by atoms with E-state index in [1.807, 2.05) is 0 Å². The lowest BCUT2D eigenvalue weighted by atomic mass is 9.72. The highest BCUT2D eigenvalue weighted by Crippen LogP contribution is 2.36. The average Bonchev–Trinajstić information content (AvgIpc) is 2.93. The fourth-order valence-electron chi connectivity index (χ4n) is 5.77. The summed E-state index contributed by atoms with van der Waals surface area (Å²) in [5, 5.41) is 58.0. The average molecular weight is 580 g/mol. The molecule has 40 heavy (non-hydrogen) atoms. The molecule has 3 aliphatic rings. The van der Waals surface area contributed by atoms with Crippen LogP contribution < -0.4 is 39.3 Å². The van der Waals surface area contributed by atoms with E-state index in [2.05, 4.69) is 10.6 Å². The van der Waals surface area contributed by atoms with Crippen LogP contribution in [0.2, 0.25) is 0 Å². The van der Waals surface area contributed by atoms with E-state index < -0.39 is 91.6 Å². The Morgan fingerprint density at radius 2 is 1.75 bits per heavy atom. The van der Waals surface area contributed by atoms with E-state index in [9.17, 15) is 30.3 Å². The summed E-state index contributed by atoms with van der Waals surface area (Å²) in [6.07, 6.45) is -8.17. The zero-order valence-corrected chi connectivity index (χ0v) is 22.7. The van der Waals surface area contributed by atoms with E-state index in [1.54, 1.807) is 0 Å². The quantitative estimate of drug-likeness (QED) is 0.0956. The van der Waals surface area contributed by atoms with Gasteiger partial charge in [-0.05, 0) is 38.8 Å². The number of amides is 1. The summed E-state index contributed by atoms with van der Waals surface area (Å²) in [5.41, 5.74) is 29.9. The van der Waals surface area contributed by atoms with Crippen LogP contribution in [0.5, 0.6) is 0 Å². The number of ether oxygens (including phenoxy) is 3. The molecule has 16 nitrogen and oxygen atoms in total. The topological polar surface area (TPSA) is 300 Å². The van der Waals surface area contributed by atoms with Crippen molar-refractivity contribution in [1.82, 2.24) is 10.6 Å². The molecular weight excluding hydrogens is 530 g/mol. The second-order valence-corrected chi connectivity index (χ2v) is 11.0. The van der Waals surface area contributed by atoms with E-state index in [-0.39, 0.29) is 19.1 Å². The van der Waals surface area contributed by atoms with E-state index in [1.165, 1.54) is 0 Å². The van der Waals surface area contributed by atoms with Crippen molar-refractivity contribution >= 4 is 5.91 Å². The van der Waals surface area contributed by atoms with Crippen molar-refractivity contribution in [2.75, 3.05) is 32.8 Å². The number of hydrogen-bond donors (Lipinski definition) is 12. The lowest BCUT2D eigenvalue weighted by Crippen LogP contribution is -2.69. The maximum atomic E-state index is 12.5. The Bertz CT molecular complexity index is 787. The van der Waals surface area contributed by atoms with Gasteiger partial charge in [0.25, 0.3) is 0 Å². The highest BCUT2D eigenvalue weighted by molar-refractivity contribution is 5.81. The number of hydrogen-bond acceptors (Lipinski definition) is 15. The Morgan fingerprint density at radius 1 is 1.02 bits per heavy atom. The first kappa shape index (κ1) is 33.4. The Balaban J connectivity index is 1.82. The van der Waals surface area contributed by atoms with Crippen LogP contribution in [0.15, 0.2) is 0 Å². The standard InChI is InChI=1S/C24H49N7O9/c25-4-1-5-30-8-10-2-3-11(27)21(38-10)16-12(28)6-13(31-23(37)14(33)7-26)22(19(16)35)40-24-20(36)17(29)18(34)15(9-32)39-24/h10-22,24,30,32-36H,1-9,25-29H2,(H,31,37)/t10-,11+,12-,13+,14-,15+,16?,17-,18+,19-,20+,21-,22-,24+/m0/s1. The molecule has 16 heteroatoms. The van der Waals surface area contributed by atoms with Crippen LogP contribution >= 0.6 is 0 Å². The molecule has 1 aliphatic carbocycles. The Morgan fingerprint density at radius 3 is 2.40 bits per heavy atom. The first-order valence-electron chi connectivity index (χ1n) is 14.0. The summed E-state index contributed by atoms with van der Waals surface area (Å²) < 4.78 is 17.9. The van der Waals surface area contributed by atoms with Crippen molar-refractivity contribution in [3.8, 4) is 0 Å². The Labute approximate surface area is 233 Å². The maximum Gasteiger partial charge on any atom is 0.250 e. The SMILES string of the molecule is NCCCNC[C@@H]1CC[C@@H](N)[C@@H](C2[C@@H](N)C[C@@H](NC(=O)[C@@H](O)CN)[C@H](O[C@H]3O[C@H](CO)[C@@H](O)[C@H](N)[C@H]3O)[C@H]2O)O1. The van der Waals surface area contributed by atoms with E-state index in [0.29, 0.717) is 25.9 Å².